The van der Waals surface area contributed by atoms with Gasteiger partial charge in [-0.1, -0.05) is 18.2 Å². The molecule has 1 unspecified atom stereocenters. The van der Waals surface area contributed by atoms with Gasteiger partial charge in [-0.2, -0.15) is 5.10 Å². The Morgan fingerprint density at radius 3 is 3.06 bits per heavy atom. The lowest BCUT2D eigenvalue weighted by Gasteiger charge is -2.11. The van der Waals surface area contributed by atoms with Gasteiger partial charge in [0.25, 0.3) is 0 Å². The van der Waals surface area contributed by atoms with Crippen LogP contribution < -0.4 is 10.1 Å². The van der Waals surface area contributed by atoms with Crippen molar-refractivity contribution in [3.05, 3.63) is 42.1 Å². The first-order chi connectivity index (χ1) is 8.85. The number of nitrogens with zero attached hydrogens (tertiary/aromatic N) is 2. The summed E-state index contributed by atoms with van der Waals surface area (Å²) >= 11 is 0. The molecule has 0 aliphatic carbocycles. The number of anilines is 1. The van der Waals surface area contributed by atoms with E-state index in [4.69, 9.17) is 4.74 Å². The lowest BCUT2D eigenvalue weighted by molar-refractivity contribution is 0.246. The van der Waals surface area contributed by atoms with E-state index in [9.17, 15) is 0 Å². The van der Waals surface area contributed by atoms with Gasteiger partial charge in [-0.05, 0) is 18.6 Å². The Bertz CT molecular complexity index is 510. The molecule has 0 radical (unpaired) electrons. The normalized spacial score (nSPS) is 17.3. The van der Waals surface area contributed by atoms with Crippen LogP contribution in [-0.4, -0.2) is 22.4 Å². The summed E-state index contributed by atoms with van der Waals surface area (Å²) in [5, 5.41) is 7.71. The van der Waals surface area contributed by atoms with E-state index in [2.05, 4.69) is 29.5 Å². The molecule has 1 aromatic heterocycles. The first-order valence-electron chi connectivity index (χ1n) is 6.37. The van der Waals surface area contributed by atoms with E-state index in [1.807, 2.05) is 29.1 Å². The van der Waals surface area contributed by atoms with Crippen LogP contribution in [-0.2, 0) is 13.0 Å². The molecule has 0 bridgehead atoms. The molecule has 4 heteroatoms. The molecule has 0 fully saturated rings. The highest BCUT2D eigenvalue weighted by Crippen LogP contribution is 2.28. The van der Waals surface area contributed by atoms with Gasteiger partial charge in [-0.3, -0.25) is 4.68 Å². The summed E-state index contributed by atoms with van der Waals surface area (Å²) < 4.78 is 7.77. The minimum absolute atomic E-state index is 0.203. The predicted octanol–water partition coefficient (Wildman–Crippen LogP) is 2.32. The highest BCUT2D eigenvalue weighted by atomic mass is 16.5. The molecule has 0 amide bonds. The number of hydrogen-bond acceptors (Lipinski definition) is 3. The molecular formula is C14H17N3O. The van der Waals surface area contributed by atoms with Crippen molar-refractivity contribution in [3.63, 3.8) is 0 Å². The number of rotatable bonds is 4. The maximum atomic E-state index is 5.86. The summed E-state index contributed by atoms with van der Waals surface area (Å²) in [7, 11) is 0. The fourth-order valence-electron chi connectivity index (χ4n) is 2.22. The molecule has 0 saturated carbocycles. The second kappa shape index (κ2) is 4.72. The van der Waals surface area contributed by atoms with Crippen molar-refractivity contribution < 1.29 is 4.74 Å². The van der Waals surface area contributed by atoms with Crippen LogP contribution in [0.25, 0.3) is 0 Å². The Kier molecular flexibility index (Phi) is 2.92. The van der Waals surface area contributed by atoms with Crippen molar-refractivity contribution in [2.75, 3.05) is 11.9 Å². The van der Waals surface area contributed by atoms with E-state index in [0.717, 1.165) is 31.1 Å². The molecule has 1 N–H and O–H groups in total. The van der Waals surface area contributed by atoms with Gasteiger partial charge < -0.3 is 10.1 Å². The summed E-state index contributed by atoms with van der Waals surface area (Å²) in [6.07, 6.45) is 3.15. The number of para-hydroxylation sites is 1. The van der Waals surface area contributed by atoms with Crippen molar-refractivity contribution in [2.45, 2.75) is 26.0 Å². The van der Waals surface area contributed by atoms with E-state index in [1.165, 1.54) is 5.56 Å². The third-order valence-electron chi connectivity index (χ3n) is 3.19. The molecule has 18 heavy (non-hydrogen) atoms. The van der Waals surface area contributed by atoms with Crippen molar-refractivity contribution in [1.29, 1.82) is 0 Å². The first-order valence-corrected chi connectivity index (χ1v) is 6.37. The third kappa shape index (κ3) is 2.18. The lowest BCUT2D eigenvalue weighted by atomic mass is 10.1. The van der Waals surface area contributed by atoms with Crippen molar-refractivity contribution in [2.24, 2.45) is 0 Å². The van der Waals surface area contributed by atoms with Crippen LogP contribution in [0.1, 0.15) is 12.5 Å². The predicted molar refractivity (Wildman–Crippen MR) is 71.0 cm³/mol. The molecule has 94 valence electrons. The number of aryl methyl sites for hydroxylation is 1. The molecule has 1 aliphatic heterocycles. The Morgan fingerprint density at radius 2 is 2.28 bits per heavy atom. The fraction of sp³-hybridized carbons (Fsp3) is 0.357. The van der Waals surface area contributed by atoms with Gasteiger partial charge in [0.2, 0.25) is 0 Å². The lowest BCUT2D eigenvalue weighted by Crippen LogP contribution is -2.24. The van der Waals surface area contributed by atoms with Gasteiger partial charge in [0.05, 0.1) is 6.54 Å². The molecular weight excluding hydrogens is 226 g/mol. The standard InChI is InChI=1S/C14H17N3O/c1-2-17-8-7-14(16-17)15-10-12-9-11-5-3-4-6-13(11)18-12/h3-8,12H,2,9-10H2,1H3,(H,15,16). The van der Waals surface area contributed by atoms with Crippen LogP contribution in [0.2, 0.25) is 0 Å². The number of benzene rings is 1. The molecule has 0 spiro atoms. The zero-order chi connectivity index (χ0) is 12.4. The average Bonchev–Trinajstić information content (AvgIpc) is 3.02. The molecule has 3 rings (SSSR count). The SMILES string of the molecule is CCn1ccc(NCC2Cc3ccccc3O2)n1. The Balaban J connectivity index is 1.57. The van der Waals surface area contributed by atoms with E-state index >= 15 is 0 Å². The monoisotopic (exact) mass is 243 g/mol. The Hall–Kier alpha value is -1.97. The molecule has 1 atom stereocenters. The van der Waals surface area contributed by atoms with Gasteiger partial charge in [0.15, 0.2) is 0 Å². The summed E-state index contributed by atoms with van der Waals surface area (Å²) in [5.41, 5.74) is 1.29. The second-order valence-electron chi connectivity index (χ2n) is 4.49. The Morgan fingerprint density at radius 1 is 1.39 bits per heavy atom. The third-order valence-corrected chi connectivity index (χ3v) is 3.19. The highest BCUT2D eigenvalue weighted by molar-refractivity contribution is 5.38. The first kappa shape index (κ1) is 11.1. The number of aromatic nitrogens is 2. The van der Waals surface area contributed by atoms with E-state index in [-0.39, 0.29) is 6.10 Å². The van der Waals surface area contributed by atoms with E-state index in [0.29, 0.717) is 0 Å². The summed E-state index contributed by atoms with van der Waals surface area (Å²) in [6.45, 7) is 3.76. The topological polar surface area (TPSA) is 39.1 Å². The summed E-state index contributed by atoms with van der Waals surface area (Å²) in [5.74, 6) is 1.93. The zero-order valence-electron chi connectivity index (χ0n) is 10.5. The Labute approximate surface area is 107 Å². The van der Waals surface area contributed by atoms with Crippen LogP contribution in [0.4, 0.5) is 5.82 Å². The van der Waals surface area contributed by atoms with Gasteiger partial charge >= 0.3 is 0 Å². The molecule has 2 aromatic rings. The van der Waals surface area contributed by atoms with Crippen molar-refractivity contribution in [3.8, 4) is 5.75 Å². The summed E-state index contributed by atoms with van der Waals surface area (Å²) in [6, 6.07) is 10.2. The molecule has 2 heterocycles. The van der Waals surface area contributed by atoms with Crippen LogP contribution in [0.5, 0.6) is 5.75 Å². The molecule has 4 nitrogen and oxygen atoms in total. The minimum Gasteiger partial charge on any atom is -0.488 e. The van der Waals surface area contributed by atoms with Crippen LogP contribution in [0, 0.1) is 0 Å². The smallest absolute Gasteiger partial charge is 0.148 e. The van der Waals surface area contributed by atoms with Crippen LogP contribution in [0.15, 0.2) is 36.5 Å². The van der Waals surface area contributed by atoms with Gasteiger partial charge in [0.1, 0.15) is 17.7 Å². The van der Waals surface area contributed by atoms with E-state index in [1.54, 1.807) is 0 Å². The average molecular weight is 243 g/mol. The number of nitrogens with one attached hydrogen (secondary N) is 1. The van der Waals surface area contributed by atoms with Crippen LogP contribution in [0.3, 0.4) is 0 Å². The fourth-order valence-corrected chi connectivity index (χ4v) is 2.22. The molecule has 1 aromatic carbocycles. The highest BCUT2D eigenvalue weighted by Gasteiger charge is 2.21. The van der Waals surface area contributed by atoms with Crippen LogP contribution >= 0.6 is 0 Å². The number of fused-ring (bicyclic) bond motifs is 1. The van der Waals surface area contributed by atoms with Gasteiger partial charge in [-0.25, -0.2) is 0 Å². The van der Waals surface area contributed by atoms with Crippen molar-refractivity contribution in [1.82, 2.24) is 9.78 Å². The zero-order valence-corrected chi connectivity index (χ0v) is 10.5. The molecule has 1 aliphatic rings. The summed E-state index contributed by atoms with van der Waals surface area (Å²) in [4.78, 5) is 0. The number of ether oxygens (including phenoxy) is 1. The van der Waals surface area contributed by atoms with E-state index < -0.39 is 0 Å². The maximum absolute atomic E-state index is 5.86. The van der Waals surface area contributed by atoms with Gasteiger partial charge in [-0.15, -0.1) is 0 Å². The second-order valence-corrected chi connectivity index (χ2v) is 4.49. The quantitative estimate of drug-likeness (QED) is 0.895. The maximum Gasteiger partial charge on any atom is 0.148 e. The molecule has 0 saturated heterocycles. The number of hydrogen-bond donors (Lipinski definition) is 1. The minimum atomic E-state index is 0.203. The largest absolute Gasteiger partial charge is 0.488 e. The van der Waals surface area contributed by atoms with Gasteiger partial charge in [0, 0.05) is 25.2 Å². The van der Waals surface area contributed by atoms with Crippen molar-refractivity contribution >= 4 is 5.82 Å².